The van der Waals surface area contributed by atoms with Gasteiger partial charge < -0.3 is 9.88 Å². The van der Waals surface area contributed by atoms with Crippen LogP contribution in [-0.2, 0) is 17.5 Å². The van der Waals surface area contributed by atoms with Gasteiger partial charge in [-0.3, -0.25) is 4.79 Å². The molecule has 4 rings (SSSR count). The number of amides is 1. The molecule has 0 saturated heterocycles. The lowest BCUT2D eigenvalue weighted by molar-refractivity contribution is -0.137. The van der Waals surface area contributed by atoms with Crippen molar-refractivity contribution in [3.8, 4) is 0 Å². The lowest BCUT2D eigenvalue weighted by atomic mass is 10.2. The average molecular weight is 431 g/mol. The molecule has 0 aliphatic heterocycles. The van der Waals surface area contributed by atoms with Crippen LogP contribution >= 0.6 is 11.8 Å². The van der Waals surface area contributed by atoms with Crippen LogP contribution in [0, 0.1) is 0 Å². The summed E-state index contributed by atoms with van der Waals surface area (Å²) in [6.07, 6.45) is -4.47. The summed E-state index contributed by atoms with van der Waals surface area (Å²) < 4.78 is 40.4. The first-order chi connectivity index (χ1) is 14.4. The van der Waals surface area contributed by atoms with Crippen molar-refractivity contribution in [3.63, 3.8) is 0 Å². The molecule has 10 heteroatoms. The number of carbonyl (C=O) groups is 1. The van der Waals surface area contributed by atoms with Crippen molar-refractivity contribution in [2.75, 3.05) is 11.1 Å². The van der Waals surface area contributed by atoms with E-state index in [1.165, 1.54) is 12.1 Å². The van der Waals surface area contributed by atoms with E-state index >= 15 is 0 Å². The Balaban J connectivity index is 1.50. The Morgan fingerprint density at radius 1 is 1.13 bits per heavy atom. The number of alkyl halides is 3. The van der Waals surface area contributed by atoms with Crippen LogP contribution in [0.1, 0.15) is 12.5 Å². The lowest BCUT2D eigenvalue weighted by Crippen LogP contribution is -2.15. The minimum atomic E-state index is -4.47. The number of benzene rings is 2. The molecule has 2 aromatic heterocycles. The largest absolute Gasteiger partial charge is 0.416 e. The van der Waals surface area contributed by atoms with Crippen molar-refractivity contribution in [3.05, 3.63) is 54.1 Å². The van der Waals surface area contributed by atoms with Crippen LogP contribution < -0.4 is 5.32 Å². The first-order valence-corrected chi connectivity index (χ1v) is 10.1. The summed E-state index contributed by atoms with van der Waals surface area (Å²) in [6.45, 7) is 2.70. The highest BCUT2D eigenvalue weighted by Crippen LogP contribution is 2.31. The molecular weight excluding hydrogens is 415 g/mol. The van der Waals surface area contributed by atoms with Crippen LogP contribution in [0.3, 0.4) is 0 Å². The molecule has 0 saturated carbocycles. The molecule has 0 aliphatic rings. The first kappa shape index (κ1) is 20.1. The van der Waals surface area contributed by atoms with E-state index in [1.807, 2.05) is 35.8 Å². The van der Waals surface area contributed by atoms with Gasteiger partial charge in [0.2, 0.25) is 11.1 Å². The maximum Gasteiger partial charge on any atom is 0.416 e. The molecule has 2 aromatic carbocycles. The van der Waals surface area contributed by atoms with Gasteiger partial charge in [-0.05, 0) is 31.2 Å². The van der Waals surface area contributed by atoms with Crippen molar-refractivity contribution in [1.29, 1.82) is 0 Å². The molecule has 0 unspecified atom stereocenters. The van der Waals surface area contributed by atoms with Crippen molar-refractivity contribution in [1.82, 2.24) is 19.7 Å². The molecule has 6 nitrogen and oxygen atoms in total. The van der Waals surface area contributed by atoms with E-state index in [4.69, 9.17) is 0 Å². The van der Waals surface area contributed by atoms with Crippen LogP contribution in [0.4, 0.5) is 18.9 Å². The fraction of sp³-hybridized carbons (Fsp3) is 0.200. The number of rotatable bonds is 5. The SMILES string of the molecule is CCn1c2ccccc2c2nnc(SCC(=O)Nc3cccc(C(F)(F)F)c3)nc21. The molecule has 0 fully saturated rings. The number of hydrogen-bond acceptors (Lipinski definition) is 5. The second kappa shape index (κ2) is 7.94. The summed E-state index contributed by atoms with van der Waals surface area (Å²) in [5.74, 6) is -0.519. The Bertz CT molecular complexity index is 1240. The van der Waals surface area contributed by atoms with Crippen molar-refractivity contribution in [2.24, 2.45) is 0 Å². The molecule has 0 atom stereocenters. The number of para-hydroxylation sites is 1. The van der Waals surface area contributed by atoms with Gasteiger partial charge >= 0.3 is 6.18 Å². The molecule has 0 bridgehead atoms. The maximum atomic E-state index is 12.8. The Labute approximate surface area is 173 Å². The van der Waals surface area contributed by atoms with Crippen molar-refractivity contribution in [2.45, 2.75) is 24.8 Å². The van der Waals surface area contributed by atoms with Crippen LogP contribution in [-0.4, -0.2) is 31.4 Å². The van der Waals surface area contributed by atoms with Gasteiger partial charge in [-0.2, -0.15) is 13.2 Å². The van der Waals surface area contributed by atoms with Crippen LogP contribution in [0.2, 0.25) is 0 Å². The van der Waals surface area contributed by atoms with E-state index in [-0.39, 0.29) is 11.4 Å². The quantitative estimate of drug-likeness (QED) is 0.462. The number of carbonyl (C=O) groups excluding carboxylic acids is 1. The normalized spacial score (nSPS) is 11.9. The third kappa shape index (κ3) is 3.95. The predicted octanol–water partition coefficient (Wildman–Crippen LogP) is 4.75. The third-order valence-corrected chi connectivity index (χ3v) is 5.31. The van der Waals surface area contributed by atoms with Gasteiger partial charge in [-0.15, -0.1) is 10.2 Å². The Hall–Kier alpha value is -3.14. The van der Waals surface area contributed by atoms with Gasteiger partial charge in [0.25, 0.3) is 0 Å². The fourth-order valence-electron chi connectivity index (χ4n) is 3.17. The fourth-order valence-corrected chi connectivity index (χ4v) is 3.75. The average Bonchev–Trinajstić information content (AvgIpc) is 3.05. The highest BCUT2D eigenvalue weighted by Gasteiger charge is 2.30. The molecule has 4 aromatic rings. The number of thioether (sulfide) groups is 1. The lowest BCUT2D eigenvalue weighted by Gasteiger charge is -2.09. The number of aryl methyl sites for hydroxylation is 1. The summed E-state index contributed by atoms with van der Waals surface area (Å²) in [5.41, 5.74) is 1.62. The third-order valence-electron chi connectivity index (χ3n) is 4.48. The summed E-state index contributed by atoms with van der Waals surface area (Å²) in [6, 6.07) is 12.3. The summed E-state index contributed by atoms with van der Waals surface area (Å²) >= 11 is 1.07. The smallest absolute Gasteiger partial charge is 0.325 e. The summed E-state index contributed by atoms with van der Waals surface area (Å²) in [7, 11) is 0. The number of anilines is 1. The minimum Gasteiger partial charge on any atom is -0.325 e. The van der Waals surface area contributed by atoms with Crippen molar-refractivity contribution < 1.29 is 18.0 Å². The number of fused-ring (bicyclic) bond motifs is 3. The highest BCUT2D eigenvalue weighted by molar-refractivity contribution is 7.99. The topological polar surface area (TPSA) is 72.7 Å². The molecule has 0 spiro atoms. The number of aromatic nitrogens is 4. The van der Waals surface area contributed by atoms with E-state index in [0.717, 1.165) is 34.8 Å². The molecule has 2 heterocycles. The molecule has 0 aliphatic carbocycles. The van der Waals surface area contributed by atoms with Gasteiger partial charge in [0.15, 0.2) is 5.65 Å². The second-order valence-electron chi connectivity index (χ2n) is 6.44. The van der Waals surface area contributed by atoms with E-state index in [2.05, 4.69) is 20.5 Å². The number of hydrogen-bond donors (Lipinski definition) is 1. The summed E-state index contributed by atoms with van der Waals surface area (Å²) in [4.78, 5) is 16.7. The predicted molar refractivity (Wildman–Crippen MR) is 109 cm³/mol. The van der Waals surface area contributed by atoms with Gasteiger partial charge in [0.1, 0.15) is 5.52 Å². The van der Waals surface area contributed by atoms with Gasteiger partial charge in [-0.1, -0.05) is 36.0 Å². The maximum absolute atomic E-state index is 12.8. The van der Waals surface area contributed by atoms with Gasteiger partial charge in [0.05, 0.1) is 16.8 Å². The number of nitrogens with one attached hydrogen (secondary N) is 1. The van der Waals surface area contributed by atoms with Crippen LogP contribution in [0.15, 0.2) is 53.7 Å². The Kier molecular flexibility index (Phi) is 5.33. The first-order valence-electron chi connectivity index (χ1n) is 9.08. The Morgan fingerprint density at radius 2 is 1.93 bits per heavy atom. The minimum absolute atomic E-state index is 0.0597. The monoisotopic (exact) mass is 431 g/mol. The van der Waals surface area contributed by atoms with E-state index < -0.39 is 17.6 Å². The van der Waals surface area contributed by atoms with Crippen LogP contribution in [0.5, 0.6) is 0 Å². The highest BCUT2D eigenvalue weighted by atomic mass is 32.2. The Morgan fingerprint density at radius 3 is 2.70 bits per heavy atom. The second-order valence-corrected chi connectivity index (χ2v) is 7.39. The molecular formula is C20H16F3N5OS. The standard InChI is InChI=1S/C20H16F3N5OS/c1-2-28-15-9-4-3-8-14(15)17-18(28)25-19(27-26-17)30-11-16(29)24-13-7-5-6-12(10-13)20(21,22)23/h3-10H,2,11H2,1H3,(H,24,29). The zero-order chi connectivity index (χ0) is 21.3. The molecule has 1 amide bonds. The number of nitrogens with zero attached hydrogens (tertiary/aromatic N) is 4. The number of halogens is 3. The molecule has 0 radical (unpaired) electrons. The van der Waals surface area contributed by atoms with Crippen LogP contribution in [0.25, 0.3) is 22.1 Å². The van der Waals surface area contributed by atoms with Gasteiger partial charge in [0, 0.05) is 17.6 Å². The van der Waals surface area contributed by atoms with Crippen molar-refractivity contribution >= 4 is 45.4 Å². The molecule has 30 heavy (non-hydrogen) atoms. The summed E-state index contributed by atoms with van der Waals surface area (Å²) in [5, 5.41) is 12.1. The van der Waals surface area contributed by atoms with E-state index in [0.29, 0.717) is 22.9 Å². The zero-order valence-corrected chi connectivity index (χ0v) is 16.6. The molecule has 1 N–H and O–H groups in total. The molecule has 154 valence electrons. The zero-order valence-electron chi connectivity index (χ0n) is 15.8. The van der Waals surface area contributed by atoms with Gasteiger partial charge in [-0.25, -0.2) is 4.98 Å². The van der Waals surface area contributed by atoms with E-state index in [1.54, 1.807) is 0 Å². The van der Waals surface area contributed by atoms with E-state index in [9.17, 15) is 18.0 Å².